The molecule has 1 aromatic heterocycles. The zero-order valence-electron chi connectivity index (χ0n) is 9.96. The number of aromatic nitrogens is 1. The molecule has 1 atom stereocenters. The Balaban J connectivity index is 1.95. The normalized spacial score (nSPS) is 30.2. The molecule has 1 unspecified atom stereocenters. The smallest absolute Gasteiger partial charge is 0.219 e. The van der Waals surface area contributed by atoms with Gasteiger partial charge in [-0.2, -0.15) is 16.2 Å². The van der Waals surface area contributed by atoms with Crippen molar-refractivity contribution < 1.29 is 9.50 Å². The summed E-state index contributed by atoms with van der Waals surface area (Å²) in [5, 5.41) is 11.2. The Hall–Kier alpha value is -0.320. The van der Waals surface area contributed by atoms with Gasteiger partial charge in [-0.05, 0) is 37.5 Å². The topological polar surface area (TPSA) is 33.1 Å². The van der Waals surface area contributed by atoms with Crippen LogP contribution >= 0.6 is 23.4 Å². The fraction of sp³-hybridized carbons (Fsp3) is 0.615. The first-order valence-corrected chi connectivity index (χ1v) is 7.57. The SMILES string of the molecule is OC1(c2cc(Cl)cnc2F)CCSC2(CCC2)C1. The fourth-order valence-corrected chi connectivity index (χ4v) is 4.93. The van der Waals surface area contributed by atoms with Crippen LogP contribution in [-0.4, -0.2) is 20.6 Å². The number of rotatable bonds is 1. The van der Waals surface area contributed by atoms with Crippen molar-refractivity contribution in [2.75, 3.05) is 5.75 Å². The number of halogens is 2. The van der Waals surface area contributed by atoms with E-state index < -0.39 is 11.5 Å². The van der Waals surface area contributed by atoms with Gasteiger partial charge in [-0.25, -0.2) is 4.98 Å². The molecule has 5 heteroatoms. The lowest BCUT2D eigenvalue weighted by Crippen LogP contribution is -2.46. The van der Waals surface area contributed by atoms with Crippen LogP contribution in [0.25, 0.3) is 0 Å². The Morgan fingerprint density at radius 3 is 2.83 bits per heavy atom. The maximum atomic E-state index is 13.8. The summed E-state index contributed by atoms with van der Waals surface area (Å²) in [5.41, 5.74) is -0.838. The van der Waals surface area contributed by atoms with Gasteiger partial charge in [0, 0.05) is 16.5 Å². The number of hydrogen-bond donors (Lipinski definition) is 1. The summed E-state index contributed by atoms with van der Waals surface area (Å²) >= 11 is 7.79. The van der Waals surface area contributed by atoms with Crippen molar-refractivity contribution in [1.29, 1.82) is 0 Å². The zero-order valence-corrected chi connectivity index (χ0v) is 11.5. The lowest BCUT2D eigenvalue weighted by Gasteiger charge is -2.50. The lowest BCUT2D eigenvalue weighted by atomic mass is 9.73. The predicted octanol–water partition coefficient (Wildman–Crippen LogP) is 3.51. The van der Waals surface area contributed by atoms with Crippen LogP contribution in [0, 0.1) is 5.95 Å². The highest BCUT2D eigenvalue weighted by Gasteiger charge is 2.49. The maximum Gasteiger partial charge on any atom is 0.219 e. The van der Waals surface area contributed by atoms with Crippen LogP contribution in [0.1, 0.15) is 37.7 Å². The van der Waals surface area contributed by atoms with Gasteiger partial charge in [0.05, 0.1) is 10.6 Å². The van der Waals surface area contributed by atoms with Crippen LogP contribution in [0.4, 0.5) is 4.39 Å². The molecule has 1 saturated carbocycles. The van der Waals surface area contributed by atoms with E-state index in [0.29, 0.717) is 17.9 Å². The van der Waals surface area contributed by atoms with Gasteiger partial charge in [-0.1, -0.05) is 18.0 Å². The second-order valence-corrected chi connectivity index (χ2v) is 7.33. The second kappa shape index (κ2) is 4.36. The third kappa shape index (κ3) is 2.04. The first kappa shape index (κ1) is 12.7. The van der Waals surface area contributed by atoms with Crippen molar-refractivity contribution in [3.63, 3.8) is 0 Å². The van der Waals surface area contributed by atoms with E-state index in [9.17, 15) is 9.50 Å². The molecule has 1 aromatic rings. The minimum absolute atomic E-state index is 0.155. The van der Waals surface area contributed by atoms with Crippen LogP contribution < -0.4 is 0 Å². The molecule has 0 amide bonds. The molecule has 2 aliphatic rings. The number of nitrogens with zero attached hydrogens (tertiary/aromatic N) is 1. The van der Waals surface area contributed by atoms with E-state index >= 15 is 0 Å². The zero-order chi connectivity index (χ0) is 12.8. The second-order valence-electron chi connectivity index (χ2n) is 5.34. The van der Waals surface area contributed by atoms with Gasteiger partial charge in [0.25, 0.3) is 0 Å². The largest absolute Gasteiger partial charge is 0.385 e. The molecule has 1 N–H and O–H groups in total. The molecule has 0 bridgehead atoms. The summed E-state index contributed by atoms with van der Waals surface area (Å²) in [7, 11) is 0. The molecule has 18 heavy (non-hydrogen) atoms. The molecule has 3 rings (SSSR count). The predicted molar refractivity (Wildman–Crippen MR) is 71.4 cm³/mol. The van der Waals surface area contributed by atoms with Crippen molar-refractivity contribution in [2.24, 2.45) is 0 Å². The summed E-state index contributed by atoms with van der Waals surface area (Å²) in [5.74, 6) is 0.269. The van der Waals surface area contributed by atoms with Gasteiger partial charge in [0.1, 0.15) is 0 Å². The Bertz CT molecular complexity index is 480. The Labute approximate surface area is 115 Å². The van der Waals surface area contributed by atoms with E-state index in [4.69, 9.17) is 11.6 Å². The quantitative estimate of drug-likeness (QED) is 0.803. The van der Waals surface area contributed by atoms with Gasteiger partial charge in [-0.15, -0.1) is 0 Å². The monoisotopic (exact) mass is 287 g/mol. The lowest BCUT2D eigenvalue weighted by molar-refractivity contribution is -0.00491. The summed E-state index contributed by atoms with van der Waals surface area (Å²) in [6, 6.07) is 1.52. The van der Waals surface area contributed by atoms with E-state index in [1.807, 2.05) is 11.8 Å². The van der Waals surface area contributed by atoms with Gasteiger partial charge in [0.2, 0.25) is 5.95 Å². The number of thioether (sulfide) groups is 1. The molecule has 0 aromatic carbocycles. The van der Waals surface area contributed by atoms with Crippen LogP contribution in [0.5, 0.6) is 0 Å². The Morgan fingerprint density at radius 2 is 2.17 bits per heavy atom. The van der Waals surface area contributed by atoms with Crippen molar-refractivity contribution >= 4 is 23.4 Å². The van der Waals surface area contributed by atoms with E-state index in [0.717, 1.165) is 18.6 Å². The van der Waals surface area contributed by atoms with Crippen LogP contribution in [0.3, 0.4) is 0 Å². The van der Waals surface area contributed by atoms with Crippen molar-refractivity contribution in [2.45, 2.75) is 42.5 Å². The van der Waals surface area contributed by atoms with Crippen LogP contribution in [0.15, 0.2) is 12.3 Å². The van der Waals surface area contributed by atoms with Gasteiger partial charge in [0.15, 0.2) is 0 Å². The Kier molecular flexibility index (Phi) is 3.07. The first-order valence-electron chi connectivity index (χ1n) is 6.21. The summed E-state index contributed by atoms with van der Waals surface area (Å²) < 4.78 is 14.0. The summed E-state index contributed by atoms with van der Waals surface area (Å²) in [4.78, 5) is 3.63. The molecule has 0 radical (unpaired) electrons. The highest BCUT2D eigenvalue weighted by Crippen LogP contribution is 2.55. The van der Waals surface area contributed by atoms with E-state index in [1.165, 1.54) is 18.7 Å². The molecule has 1 aliphatic carbocycles. The molecule has 98 valence electrons. The highest BCUT2D eigenvalue weighted by molar-refractivity contribution is 8.00. The van der Waals surface area contributed by atoms with Gasteiger partial charge in [-0.3, -0.25) is 0 Å². The number of aliphatic hydroxyl groups is 1. The van der Waals surface area contributed by atoms with E-state index in [1.54, 1.807) is 0 Å². The van der Waals surface area contributed by atoms with Crippen molar-refractivity contribution in [3.8, 4) is 0 Å². The van der Waals surface area contributed by atoms with Gasteiger partial charge >= 0.3 is 0 Å². The molecular weight excluding hydrogens is 273 g/mol. The van der Waals surface area contributed by atoms with Crippen LogP contribution in [0.2, 0.25) is 5.02 Å². The minimum Gasteiger partial charge on any atom is -0.385 e. The number of pyridine rings is 1. The maximum absolute atomic E-state index is 13.8. The molecular formula is C13H15ClFNOS. The molecule has 2 nitrogen and oxygen atoms in total. The van der Waals surface area contributed by atoms with Crippen molar-refractivity contribution in [3.05, 3.63) is 28.8 Å². The van der Waals surface area contributed by atoms with Crippen molar-refractivity contribution in [1.82, 2.24) is 4.98 Å². The molecule has 2 heterocycles. The van der Waals surface area contributed by atoms with Crippen LogP contribution in [-0.2, 0) is 5.60 Å². The highest BCUT2D eigenvalue weighted by atomic mass is 35.5. The fourth-order valence-electron chi connectivity index (χ4n) is 2.98. The first-order chi connectivity index (χ1) is 8.53. The average Bonchev–Trinajstić information content (AvgIpc) is 2.30. The minimum atomic E-state index is -1.10. The third-order valence-electron chi connectivity index (χ3n) is 4.11. The summed E-state index contributed by atoms with van der Waals surface area (Å²) in [6.45, 7) is 0. The van der Waals surface area contributed by atoms with Gasteiger partial charge < -0.3 is 5.11 Å². The Morgan fingerprint density at radius 1 is 1.39 bits per heavy atom. The standard InChI is InChI=1S/C13H15ClFNOS/c14-9-6-10(11(15)16-7-9)13(17)4-5-18-12(8-13)2-1-3-12/h6-7,17H,1-5,8H2. The number of hydrogen-bond acceptors (Lipinski definition) is 3. The molecule has 1 saturated heterocycles. The molecule has 2 fully saturated rings. The summed E-state index contributed by atoms with van der Waals surface area (Å²) in [6.07, 6.45) is 5.91. The molecule has 1 spiro atoms. The van der Waals surface area contributed by atoms with E-state index in [-0.39, 0.29) is 10.3 Å². The molecule has 1 aliphatic heterocycles. The van der Waals surface area contributed by atoms with E-state index in [2.05, 4.69) is 4.98 Å². The average molecular weight is 288 g/mol. The third-order valence-corrected chi connectivity index (χ3v) is 5.89.